The van der Waals surface area contributed by atoms with E-state index in [1.54, 1.807) is 12.1 Å². The molecular weight excluding hydrogens is 249 g/mol. The van der Waals surface area contributed by atoms with Gasteiger partial charge in [-0.2, -0.15) is 13.2 Å². The van der Waals surface area contributed by atoms with Crippen LogP contribution in [0.25, 0.3) is 0 Å². The summed E-state index contributed by atoms with van der Waals surface area (Å²) in [4.78, 5) is 11.6. The van der Waals surface area contributed by atoms with E-state index in [9.17, 15) is 18.0 Å². The Morgan fingerprint density at radius 3 is 2.89 bits per heavy atom. The summed E-state index contributed by atoms with van der Waals surface area (Å²) in [5.41, 5.74) is 1.25. The van der Waals surface area contributed by atoms with Crippen molar-refractivity contribution in [3.05, 3.63) is 29.3 Å². The van der Waals surface area contributed by atoms with Crippen LogP contribution in [0.2, 0.25) is 0 Å². The van der Waals surface area contributed by atoms with Gasteiger partial charge in [0.05, 0.1) is 6.61 Å². The van der Waals surface area contributed by atoms with E-state index in [1.807, 2.05) is 0 Å². The van der Waals surface area contributed by atoms with Crippen LogP contribution in [-0.2, 0) is 11.2 Å². The average Bonchev–Trinajstić information content (AvgIpc) is 2.73. The molecule has 6 heteroatoms. The highest BCUT2D eigenvalue weighted by Crippen LogP contribution is 2.26. The van der Waals surface area contributed by atoms with Gasteiger partial charge in [-0.05, 0) is 23.8 Å². The van der Waals surface area contributed by atoms with E-state index >= 15 is 0 Å². The number of ketones is 1. The van der Waals surface area contributed by atoms with Crippen LogP contribution in [-0.4, -0.2) is 31.8 Å². The van der Waals surface area contributed by atoms with Gasteiger partial charge < -0.3 is 9.47 Å². The van der Waals surface area contributed by atoms with Gasteiger partial charge in [-0.25, -0.2) is 0 Å². The van der Waals surface area contributed by atoms with Crippen molar-refractivity contribution in [1.82, 2.24) is 0 Å². The maximum absolute atomic E-state index is 11.8. The third-order valence-corrected chi connectivity index (χ3v) is 2.51. The minimum atomic E-state index is -4.41. The fourth-order valence-corrected chi connectivity index (χ4v) is 1.70. The van der Waals surface area contributed by atoms with E-state index in [0.29, 0.717) is 18.6 Å². The number of rotatable bonds is 4. The lowest BCUT2D eigenvalue weighted by atomic mass is 10.1. The Morgan fingerprint density at radius 2 is 2.17 bits per heavy atom. The normalized spacial score (nSPS) is 14.2. The van der Waals surface area contributed by atoms with Crippen molar-refractivity contribution in [2.45, 2.75) is 12.6 Å². The molecule has 0 radical (unpaired) electrons. The van der Waals surface area contributed by atoms with E-state index in [2.05, 4.69) is 4.74 Å². The Labute approximate surface area is 102 Å². The summed E-state index contributed by atoms with van der Waals surface area (Å²) >= 11 is 0. The van der Waals surface area contributed by atoms with E-state index in [1.165, 1.54) is 6.07 Å². The van der Waals surface area contributed by atoms with Crippen molar-refractivity contribution in [2.24, 2.45) is 0 Å². The van der Waals surface area contributed by atoms with Crippen LogP contribution in [0.1, 0.15) is 15.9 Å². The van der Waals surface area contributed by atoms with E-state index in [0.717, 1.165) is 11.3 Å². The number of hydrogen-bond acceptors (Lipinski definition) is 3. The molecule has 0 spiro atoms. The number of carbonyl (C=O) groups excluding carboxylic acids is 1. The maximum atomic E-state index is 11.8. The number of ether oxygens (including phenoxy) is 2. The average molecular weight is 260 g/mol. The van der Waals surface area contributed by atoms with Crippen LogP contribution in [0.15, 0.2) is 18.2 Å². The highest BCUT2D eigenvalue weighted by atomic mass is 19.4. The van der Waals surface area contributed by atoms with Crippen LogP contribution in [0.3, 0.4) is 0 Å². The molecule has 0 bridgehead atoms. The Balaban J connectivity index is 1.93. The summed E-state index contributed by atoms with van der Waals surface area (Å²) in [6.45, 7) is -1.41. The highest BCUT2D eigenvalue weighted by Gasteiger charge is 2.28. The zero-order valence-electron chi connectivity index (χ0n) is 9.42. The molecule has 0 N–H and O–H groups in total. The van der Waals surface area contributed by atoms with Gasteiger partial charge in [-0.1, -0.05) is 0 Å². The van der Waals surface area contributed by atoms with Crippen LogP contribution < -0.4 is 4.74 Å². The predicted molar refractivity (Wildman–Crippen MR) is 56.8 cm³/mol. The minimum absolute atomic E-state index is 0.349. The van der Waals surface area contributed by atoms with E-state index in [4.69, 9.17) is 4.74 Å². The molecule has 0 fully saturated rings. The fourth-order valence-electron chi connectivity index (χ4n) is 1.70. The molecule has 3 nitrogen and oxygen atoms in total. The van der Waals surface area contributed by atoms with Crippen LogP contribution in [0.4, 0.5) is 13.2 Å². The molecule has 0 amide bonds. The zero-order chi connectivity index (χ0) is 13.2. The van der Waals surface area contributed by atoms with Crippen molar-refractivity contribution in [2.75, 3.05) is 19.8 Å². The number of halogens is 3. The molecule has 98 valence electrons. The number of carbonyl (C=O) groups is 1. The van der Waals surface area contributed by atoms with Gasteiger partial charge in [0.25, 0.3) is 0 Å². The molecule has 0 atom stereocenters. The third-order valence-electron chi connectivity index (χ3n) is 2.51. The van der Waals surface area contributed by atoms with Crippen molar-refractivity contribution in [1.29, 1.82) is 0 Å². The van der Waals surface area contributed by atoms with Crippen LogP contribution in [0, 0.1) is 0 Å². The third kappa shape index (κ3) is 3.22. The predicted octanol–water partition coefficient (Wildman–Crippen LogP) is 2.38. The van der Waals surface area contributed by atoms with Gasteiger partial charge in [0, 0.05) is 12.0 Å². The first-order valence-corrected chi connectivity index (χ1v) is 5.39. The maximum Gasteiger partial charge on any atom is 0.411 e. The highest BCUT2D eigenvalue weighted by molar-refractivity contribution is 5.97. The Morgan fingerprint density at radius 1 is 1.39 bits per heavy atom. The summed E-state index contributed by atoms with van der Waals surface area (Å²) < 4.78 is 45.1. The molecule has 1 aliphatic rings. The van der Waals surface area contributed by atoms with E-state index < -0.39 is 25.2 Å². The molecule has 1 aromatic carbocycles. The molecule has 1 heterocycles. The Bertz CT molecular complexity index is 454. The molecule has 0 unspecified atom stereocenters. The molecule has 0 saturated heterocycles. The fraction of sp³-hybridized carbons (Fsp3) is 0.417. The second kappa shape index (κ2) is 4.97. The smallest absolute Gasteiger partial charge is 0.411 e. The van der Waals surface area contributed by atoms with Gasteiger partial charge in [0.2, 0.25) is 0 Å². The zero-order valence-corrected chi connectivity index (χ0v) is 9.42. The summed E-state index contributed by atoms with van der Waals surface area (Å²) in [7, 11) is 0. The van der Waals surface area contributed by atoms with Gasteiger partial charge in [0.1, 0.15) is 19.0 Å². The summed E-state index contributed by atoms with van der Waals surface area (Å²) in [6, 6.07) is 4.82. The first-order valence-electron chi connectivity index (χ1n) is 5.39. The number of alkyl halides is 3. The Kier molecular flexibility index (Phi) is 3.56. The summed E-state index contributed by atoms with van der Waals surface area (Å²) in [5.74, 6) is 0.261. The molecule has 1 aliphatic heterocycles. The number of hydrogen-bond donors (Lipinski definition) is 0. The monoisotopic (exact) mass is 260 g/mol. The number of Topliss-reactive ketones (excluding diaryl/α,β-unsaturated/α-hetero) is 1. The van der Waals surface area contributed by atoms with Gasteiger partial charge in [-0.15, -0.1) is 0 Å². The molecule has 2 rings (SSSR count). The second-order valence-corrected chi connectivity index (χ2v) is 3.95. The molecule has 1 aromatic rings. The lowest BCUT2D eigenvalue weighted by Gasteiger charge is -2.07. The Hall–Kier alpha value is -1.56. The van der Waals surface area contributed by atoms with Crippen molar-refractivity contribution < 1.29 is 27.4 Å². The SMILES string of the molecule is O=C(COCC(F)(F)F)c1ccc2c(c1)CCO2. The van der Waals surface area contributed by atoms with Crippen LogP contribution >= 0.6 is 0 Å². The summed E-state index contributed by atoms with van der Waals surface area (Å²) in [6.07, 6.45) is -3.70. The first-order chi connectivity index (χ1) is 8.46. The first kappa shape index (κ1) is 12.9. The molecule has 18 heavy (non-hydrogen) atoms. The second-order valence-electron chi connectivity index (χ2n) is 3.95. The minimum Gasteiger partial charge on any atom is -0.493 e. The largest absolute Gasteiger partial charge is 0.493 e. The molecule has 0 aromatic heterocycles. The van der Waals surface area contributed by atoms with E-state index in [-0.39, 0.29) is 0 Å². The standard InChI is InChI=1S/C12H11F3O3/c13-12(14,15)7-17-6-10(16)8-1-2-11-9(5-8)3-4-18-11/h1-2,5H,3-4,6-7H2. The molecule has 0 aliphatic carbocycles. The number of fused-ring (bicyclic) bond motifs is 1. The lowest BCUT2D eigenvalue weighted by molar-refractivity contribution is -0.170. The molecular formula is C12H11F3O3. The quantitative estimate of drug-likeness (QED) is 0.780. The lowest BCUT2D eigenvalue weighted by Crippen LogP contribution is -2.20. The number of benzene rings is 1. The topological polar surface area (TPSA) is 35.5 Å². The van der Waals surface area contributed by atoms with Gasteiger partial charge >= 0.3 is 6.18 Å². The molecule has 0 saturated carbocycles. The van der Waals surface area contributed by atoms with Gasteiger partial charge in [0.15, 0.2) is 5.78 Å². The van der Waals surface area contributed by atoms with Crippen molar-refractivity contribution in [3.63, 3.8) is 0 Å². The van der Waals surface area contributed by atoms with Crippen LogP contribution in [0.5, 0.6) is 5.75 Å². The van der Waals surface area contributed by atoms with Crippen molar-refractivity contribution in [3.8, 4) is 5.75 Å². The van der Waals surface area contributed by atoms with Crippen molar-refractivity contribution >= 4 is 5.78 Å². The van der Waals surface area contributed by atoms with Gasteiger partial charge in [-0.3, -0.25) is 4.79 Å². The summed E-state index contributed by atoms with van der Waals surface area (Å²) in [5, 5.41) is 0.